The van der Waals surface area contributed by atoms with Gasteiger partial charge >= 0.3 is 0 Å². The van der Waals surface area contributed by atoms with Crippen LogP contribution in [0.25, 0.3) is 21.7 Å². The molecule has 1 fully saturated rings. The first-order valence-corrected chi connectivity index (χ1v) is 13.0. The molecule has 2 atom stereocenters. The molecule has 1 N–H and O–H groups in total. The number of carbonyl (C=O) groups excluding carboxylic acids is 1. The zero-order valence-electron chi connectivity index (χ0n) is 19.9. The number of hydrogen-bond donors (Lipinski definition) is 1. The summed E-state index contributed by atoms with van der Waals surface area (Å²) in [4.78, 5) is 31.2. The number of benzene rings is 4. The van der Waals surface area contributed by atoms with Crippen LogP contribution in [0.2, 0.25) is 0 Å². The molecule has 1 aromatic heterocycles. The van der Waals surface area contributed by atoms with E-state index in [1.807, 2.05) is 24.3 Å². The smallest absolute Gasteiger partial charge is 0.262 e. The molecule has 184 valence electrons. The summed E-state index contributed by atoms with van der Waals surface area (Å²) in [6.07, 6.45) is 1.43. The standard InChI is InChI=1S/C30H24BrN3O3/c31-23-12-14-25-26(17-23)32-30(33-28(35)20-7-2-1-3-8-20)34(29(25)36)18-24-13-15-27(37-24)22-11-10-19-6-4-5-9-21(19)16-22/h1-12,14,16-17,24,27H,13,15,18H2,(H,32,33,35). The van der Waals surface area contributed by atoms with Gasteiger partial charge in [0.2, 0.25) is 5.95 Å². The summed E-state index contributed by atoms with van der Waals surface area (Å²) >= 11 is 3.45. The number of anilines is 1. The molecular weight excluding hydrogens is 530 g/mol. The third-order valence-corrected chi connectivity index (χ3v) is 7.31. The van der Waals surface area contributed by atoms with Crippen LogP contribution in [0.5, 0.6) is 0 Å². The van der Waals surface area contributed by atoms with E-state index in [-0.39, 0.29) is 29.6 Å². The van der Waals surface area contributed by atoms with Gasteiger partial charge in [-0.25, -0.2) is 4.98 Å². The lowest BCUT2D eigenvalue weighted by Crippen LogP contribution is -2.31. The van der Waals surface area contributed by atoms with Crippen LogP contribution >= 0.6 is 15.9 Å². The molecule has 7 heteroatoms. The lowest BCUT2D eigenvalue weighted by atomic mass is 10.0. The van der Waals surface area contributed by atoms with Gasteiger partial charge in [-0.1, -0.05) is 70.5 Å². The summed E-state index contributed by atoms with van der Waals surface area (Å²) in [5.74, 6) is -0.112. The van der Waals surface area contributed by atoms with Crippen LogP contribution in [0.4, 0.5) is 5.95 Å². The zero-order valence-corrected chi connectivity index (χ0v) is 21.5. The Hall–Kier alpha value is -3.81. The van der Waals surface area contributed by atoms with Crippen LogP contribution < -0.4 is 10.9 Å². The van der Waals surface area contributed by atoms with E-state index in [9.17, 15) is 9.59 Å². The van der Waals surface area contributed by atoms with Crippen LogP contribution in [0.3, 0.4) is 0 Å². The van der Waals surface area contributed by atoms with Crippen molar-refractivity contribution in [3.05, 3.63) is 117 Å². The molecule has 37 heavy (non-hydrogen) atoms. The minimum atomic E-state index is -0.322. The number of aromatic nitrogens is 2. The Morgan fingerprint density at radius 1 is 0.946 bits per heavy atom. The van der Waals surface area contributed by atoms with Crippen LogP contribution in [-0.2, 0) is 11.3 Å². The molecule has 0 bridgehead atoms. The molecular formula is C30H24BrN3O3. The number of nitrogens with one attached hydrogen (secondary N) is 1. The lowest BCUT2D eigenvalue weighted by Gasteiger charge is -2.19. The predicted octanol–water partition coefficient (Wildman–Crippen LogP) is 6.48. The molecule has 0 radical (unpaired) electrons. The molecule has 0 aliphatic carbocycles. The Labute approximate surface area is 222 Å². The topological polar surface area (TPSA) is 73.2 Å². The molecule has 4 aromatic carbocycles. The third kappa shape index (κ3) is 4.80. The van der Waals surface area contributed by atoms with Crippen molar-refractivity contribution in [1.29, 1.82) is 0 Å². The first-order chi connectivity index (χ1) is 18.0. The number of halogens is 1. The zero-order chi connectivity index (χ0) is 25.4. The molecule has 0 saturated carbocycles. The molecule has 5 aromatic rings. The van der Waals surface area contributed by atoms with Gasteiger partial charge in [-0.3, -0.25) is 19.5 Å². The number of rotatable bonds is 5. The second-order valence-corrected chi connectivity index (χ2v) is 10.2. The minimum absolute atomic E-state index is 0.0444. The van der Waals surface area contributed by atoms with E-state index in [1.165, 1.54) is 15.3 Å². The van der Waals surface area contributed by atoms with Crippen LogP contribution in [0.1, 0.15) is 34.9 Å². The summed E-state index contributed by atoms with van der Waals surface area (Å²) < 4.78 is 8.76. The van der Waals surface area contributed by atoms with Crippen molar-refractivity contribution in [2.45, 2.75) is 31.6 Å². The maximum absolute atomic E-state index is 13.6. The van der Waals surface area contributed by atoms with Gasteiger partial charge in [0, 0.05) is 10.0 Å². The van der Waals surface area contributed by atoms with E-state index >= 15 is 0 Å². The van der Waals surface area contributed by atoms with Gasteiger partial charge in [0.15, 0.2) is 0 Å². The molecule has 2 unspecified atom stereocenters. The first kappa shape index (κ1) is 23.6. The summed E-state index contributed by atoms with van der Waals surface area (Å²) in [7, 11) is 0. The fraction of sp³-hybridized carbons (Fsp3) is 0.167. The molecule has 2 heterocycles. The van der Waals surface area contributed by atoms with Crippen LogP contribution in [0, 0.1) is 0 Å². The van der Waals surface area contributed by atoms with Gasteiger partial charge in [0.25, 0.3) is 11.5 Å². The number of nitrogens with zero attached hydrogens (tertiary/aromatic N) is 2. The van der Waals surface area contributed by atoms with Crippen molar-refractivity contribution in [1.82, 2.24) is 9.55 Å². The molecule has 1 aliphatic heterocycles. The fourth-order valence-corrected chi connectivity index (χ4v) is 5.27. The van der Waals surface area contributed by atoms with Gasteiger partial charge in [0.1, 0.15) is 0 Å². The largest absolute Gasteiger partial charge is 0.368 e. The minimum Gasteiger partial charge on any atom is -0.368 e. The normalized spacial score (nSPS) is 17.3. The van der Waals surface area contributed by atoms with Gasteiger partial charge in [0.05, 0.1) is 29.7 Å². The predicted molar refractivity (Wildman–Crippen MR) is 149 cm³/mol. The molecule has 1 saturated heterocycles. The highest BCUT2D eigenvalue weighted by Gasteiger charge is 2.28. The highest BCUT2D eigenvalue weighted by atomic mass is 79.9. The molecule has 0 spiro atoms. The highest BCUT2D eigenvalue weighted by Crippen LogP contribution is 2.35. The van der Waals surface area contributed by atoms with Gasteiger partial charge in [-0.2, -0.15) is 0 Å². The van der Waals surface area contributed by atoms with E-state index in [1.54, 1.807) is 36.4 Å². The van der Waals surface area contributed by atoms with Crippen molar-refractivity contribution in [2.75, 3.05) is 5.32 Å². The Morgan fingerprint density at radius 3 is 2.57 bits per heavy atom. The van der Waals surface area contributed by atoms with Crippen LogP contribution in [-0.4, -0.2) is 21.6 Å². The summed E-state index contributed by atoms with van der Waals surface area (Å²) in [6.45, 7) is 0.298. The van der Waals surface area contributed by atoms with Crippen molar-refractivity contribution in [3.8, 4) is 0 Å². The lowest BCUT2D eigenvalue weighted by molar-refractivity contribution is 0.0348. The third-order valence-electron chi connectivity index (χ3n) is 6.82. The Kier molecular flexibility index (Phi) is 6.32. The molecule has 1 aliphatic rings. The Morgan fingerprint density at radius 2 is 1.73 bits per heavy atom. The average molecular weight is 554 g/mol. The number of fused-ring (bicyclic) bond motifs is 2. The number of hydrogen-bond acceptors (Lipinski definition) is 4. The maximum Gasteiger partial charge on any atom is 0.262 e. The number of amides is 1. The monoisotopic (exact) mass is 553 g/mol. The van der Waals surface area contributed by atoms with E-state index in [4.69, 9.17) is 4.74 Å². The highest BCUT2D eigenvalue weighted by molar-refractivity contribution is 9.10. The van der Waals surface area contributed by atoms with Crippen molar-refractivity contribution >= 4 is 49.5 Å². The van der Waals surface area contributed by atoms with Crippen molar-refractivity contribution < 1.29 is 9.53 Å². The van der Waals surface area contributed by atoms with E-state index in [0.717, 1.165) is 22.9 Å². The van der Waals surface area contributed by atoms with Crippen molar-refractivity contribution in [3.63, 3.8) is 0 Å². The SMILES string of the molecule is O=C(Nc1nc2cc(Br)ccc2c(=O)n1CC1CCC(c2ccc3ccccc3c2)O1)c1ccccc1. The number of carbonyl (C=O) groups is 1. The molecule has 6 nitrogen and oxygen atoms in total. The maximum atomic E-state index is 13.6. The molecule has 6 rings (SSSR count). The molecule has 1 amide bonds. The summed E-state index contributed by atoms with van der Waals surface area (Å²) in [5, 5.41) is 5.72. The Bertz CT molecular complexity index is 1680. The summed E-state index contributed by atoms with van der Waals surface area (Å²) in [6, 6.07) is 28.9. The Balaban J connectivity index is 1.30. The average Bonchev–Trinajstić information content (AvgIpc) is 3.39. The summed E-state index contributed by atoms with van der Waals surface area (Å²) in [5.41, 5.74) is 1.93. The second kappa shape index (κ2) is 9.92. The van der Waals surface area contributed by atoms with E-state index in [2.05, 4.69) is 56.6 Å². The van der Waals surface area contributed by atoms with Gasteiger partial charge in [-0.05, 0) is 65.6 Å². The van der Waals surface area contributed by atoms with Gasteiger partial charge in [-0.15, -0.1) is 0 Å². The number of ether oxygens (including phenoxy) is 1. The quantitative estimate of drug-likeness (QED) is 0.270. The van der Waals surface area contributed by atoms with Crippen LogP contribution in [0.15, 0.2) is 100 Å². The second-order valence-electron chi connectivity index (χ2n) is 9.26. The van der Waals surface area contributed by atoms with Gasteiger partial charge < -0.3 is 4.74 Å². The fourth-order valence-electron chi connectivity index (χ4n) is 4.92. The van der Waals surface area contributed by atoms with E-state index < -0.39 is 0 Å². The van der Waals surface area contributed by atoms with Crippen molar-refractivity contribution in [2.24, 2.45) is 0 Å². The van der Waals surface area contributed by atoms with E-state index in [0.29, 0.717) is 23.0 Å². The first-order valence-electron chi connectivity index (χ1n) is 12.3.